The Kier molecular flexibility index (Phi) is 5.27. The molecule has 0 atom stereocenters. The molecule has 0 aliphatic heterocycles. The van der Waals surface area contributed by atoms with Crippen LogP contribution in [0.1, 0.15) is 5.56 Å². The molecule has 3 rings (SSSR count). The van der Waals surface area contributed by atoms with Crippen LogP contribution in [0.25, 0.3) is 11.3 Å². The molecule has 122 valence electrons. The number of hydrogen-bond acceptors (Lipinski definition) is 4. The van der Waals surface area contributed by atoms with Crippen molar-refractivity contribution in [2.45, 2.75) is 11.3 Å². The summed E-state index contributed by atoms with van der Waals surface area (Å²) in [7, 11) is 0. The van der Waals surface area contributed by atoms with E-state index in [1.165, 1.54) is 35.2 Å². The van der Waals surface area contributed by atoms with E-state index in [4.69, 9.17) is 0 Å². The Morgan fingerprint density at radius 3 is 2.71 bits per heavy atom. The number of halogens is 1. The van der Waals surface area contributed by atoms with Gasteiger partial charge in [0.15, 0.2) is 4.34 Å². The second kappa shape index (κ2) is 7.59. The fourth-order valence-electron chi connectivity index (χ4n) is 2.10. The molecule has 3 aromatic rings. The van der Waals surface area contributed by atoms with Crippen LogP contribution in [0, 0.1) is 12.7 Å². The summed E-state index contributed by atoms with van der Waals surface area (Å²) < 4.78 is 13.8. The molecule has 3 nitrogen and oxygen atoms in total. The Morgan fingerprint density at radius 2 is 1.96 bits per heavy atom. The van der Waals surface area contributed by atoms with Gasteiger partial charge in [-0.2, -0.15) is 0 Å². The molecule has 1 aromatic heterocycles. The summed E-state index contributed by atoms with van der Waals surface area (Å²) in [6.07, 6.45) is 0. The fourth-order valence-corrected chi connectivity index (χ4v) is 3.74. The lowest BCUT2D eigenvalue weighted by Gasteiger charge is -2.06. The van der Waals surface area contributed by atoms with Gasteiger partial charge in [-0.25, -0.2) is 9.37 Å². The van der Waals surface area contributed by atoms with Crippen molar-refractivity contribution >= 4 is 34.7 Å². The van der Waals surface area contributed by atoms with Crippen LogP contribution in [0.3, 0.4) is 0 Å². The highest BCUT2D eigenvalue weighted by molar-refractivity contribution is 8.01. The van der Waals surface area contributed by atoms with Crippen LogP contribution < -0.4 is 5.32 Å². The van der Waals surface area contributed by atoms with Crippen LogP contribution >= 0.6 is 23.1 Å². The monoisotopic (exact) mass is 358 g/mol. The second-order valence-corrected chi connectivity index (χ2v) is 7.24. The lowest BCUT2D eigenvalue weighted by atomic mass is 10.2. The lowest BCUT2D eigenvalue weighted by Crippen LogP contribution is -2.14. The third kappa shape index (κ3) is 4.21. The number of anilines is 1. The minimum atomic E-state index is -0.267. The Balaban J connectivity index is 1.58. The van der Waals surface area contributed by atoms with Crippen molar-refractivity contribution in [3.63, 3.8) is 0 Å². The molecule has 0 saturated carbocycles. The molecular weight excluding hydrogens is 343 g/mol. The Hall–Kier alpha value is -2.18. The molecule has 1 N–H and O–H groups in total. The number of thiazole rings is 1. The molecule has 0 saturated heterocycles. The van der Waals surface area contributed by atoms with Gasteiger partial charge in [-0.15, -0.1) is 11.3 Å². The van der Waals surface area contributed by atoms with Crippen LogP contribution in [0.15, 0.2) is 58.3 Å². The van der Waals surface area contributed by atoms with Gasteiger partial charge in [0.05, 0.1) is 11.4 Å². The van der Waals surface area contributed by atoms with Gasteiger partial charge in [0.25, 0.3) is 0 Å². The Morgan fingerprint density at radius 1 is 1.21 bits per heavy atom. The van der Waals surface area contributed by atoms with Gasteiger partial charge < -0.3 is 5.32 Å². The van der Waals surface area contributed by atoms with Gasteiger partial charge >= 0.3 is 0 Å². The number of carbonyl (C=O) groups excluding carboxylic acids is 1. The maximum absolute atomic E-state index is 13.0. The summed E-state index contributed by atoms with van der Waals surface area (Å²) in [5.74, 6) is -0.0330. The average Bonchev–Trinajstić information content (AvgIpc) is 3.05. The molecule has 0 bridgehead atoms. The molecule has 0 radical (unpaired) electrons. The van der Waals surface area contributed by atoms with Crippen molar-refractivity contribution < 1.29 is 9.18 Å². The van der Waals surface area contributed by atoms with Gasteiger partial charge in [-0.3, -0.25) is 4.79 Å². The van der Waals surface area contributed by atoms with Crippen LogP contribution in [-0.2, 0) is 4.79 Å². The molecule has 0 aliphatic rings. The highest BCUT2D eigenvalue weighted by Crippen LogP contribution is 2.28. The molecule has 0 fully saturated rings. The number of nitrogens with zero attached hydrogens (tertiary/aromatic N) is 1. The van der Waals surface area contributed by atoms with E-state index in [9.17, 15) is 9.18 Å². The fraction of sp³-hybridized carbons (Fsp3) is 0.111. The van der Waals surface area contributed by atoms with Crippen molar-refractivity contribution in [1.29, 1.82) is 0 Å². The van der Waals surface area contributed by atoms with E-state index in [-0.39, 0.29) is 11.7 Å². The molecule has 24 heavy (non-hydrogen) atoms. The summed E-state index contributed by atoms with van der Waals surface area (Å²) >= 11 is 2.87. The largest absolute Gasteiger partial charge is 0.325 e. The molecule has 6 heteroatoms. The van der Waals surface area contributed by atoms with Gasteiger partial charge in [0.1, 0.15) is 5.82 Å². The topological polar surface area (TPSA) is 42.0 Å². The van der Waals surface area contributed by atoms with Crippen LogP contribution in [0.4, 0.5) is 10.1 Å². The molecule has 0 spiro atoms. The van der Waals surface area contributed by atoms with E-state index in [1.807, 2.05) is 36.6 Å². The maximum atomic E-state index is 13.0. The first-order valence-electron chi connectivity index (χ1n) is 7.31. The van der Waals surface area contributed by atoms with Crippen LogP contribution in [0.2, 0.25) is 0 Å². The number of aromatic nitrogens is 1. The van der Waals surface area contributed by atoms with Crippen molar-refractivity contribution in [2.75, 3.05) is 11.1 Å². The third-order valence-corrected chi connectivity index (χ3v) is 5.39. The minimum Gasteiger partial charge on any atom is -0.325 e. The molecule has 2 aromatic carbocycles. The first-order chi connectivity index (χ1) is 11.6. The lowest BCUT2D eigenvalue weighted by molar-refractivity contribution is -0.113. The SMILES string of the molecule is Cc1ccccc1NC(=O)CSc1nc(-c2ccc(F)cc2)cs1. The molecule has 0 aliphatic carbocycles. The summed E-state index contributed by atoms with van der Waals surface area (Å²) in [6, 6.07) is 13.9. The zero-order valence-electron chi connectivity index (χ0n) is 13.0. The van der Waals surface area contributed by atoms with E-state index in [1.54, 1.807) is 12.1 Å². The third-order valence-electron chi connectivity index (χ3n) is 3.37. The van der Waals surface area contributed by atoms with Crippen LogP contribution in [0.5, 0.6) is 0 Å². The number of carbonyl (C=O) groups is 1. The van der Waals surface area contributed by atoms with E-state index < -0.39 is 0 Å². The maximum Gasteiger partial charge on any atom is 0.234 e. The van der Waals surface area contributed by atoms with Gasteiger partial charge in [-0.1, -0.05) is 30.0 Å². The molecule has 1 heterocycles. The predicted molar refractivity (Wildman–Crippen MR) is 98.0 cm³/mol. The number of thioether (sulfide) groups is 1. The van der Waals surface area contributed by atoms with E-state index in [2.05, 4.69) is 10.3 Å². The Bertz CT molecular complexity index is 846. The van der Waals surface area contributed by atoms with Gasteiger partial charge in [0.2, 0.25) is 5.91 Å². The number of amides is 1. The smallest absolute Gasteiger partial charge is 0.234 e. The summed E-state index contributed by atoms with van der Waals surface area (Å²) in [5.41, 5.74) is 3.52. The summed E-state index contributed by atoms with van der Waals surface area (Å²) in [5, 5.41) is 4.81. The minimum absolute atomic E-state index is 0.0622. The standard InChI is InChI=1S/C18H15FN2OS2/c1-12-4-2-3-5-15(12)20-17(22)11-24-18-21-16(10-23-18)13-6-8-14(19)9-7-13/h2-10H,11H2,1H3,(H,20,22). The number of rotatable bonds is 5. The van der Waals surface area contributed by atoms with Crippen LogP contribution in [-0.4, -0.2) is 16.6 Å². The van der Waals surface area contributed by atoms with Crippen molar-refractivity contribution in [3.8, 4) is 11.3 Å². The number of hydrogen-bond donors (Lipinski definition) is 1. The first kappa shape index (κ1) is 16.7. The van der Waals surface area contributed by atoms with Gasteiger partial charge in [-0.05, 0) is 42.8 Å². The second-order valence-electron chi connectivity index (χ2n) is 5.16. The highest BCUT2D eigenvalue weighted by Gasteiger charge is 2.09. The number of aryl methyl sites for hydroxylation is 1. The van der Waals surface area contributed by atoms with E-state index >= 15 is 0 Å². The normalized spacial score (nSPS) is 10.6. The number of para-hydroxylation sites is 1. The number of benzene rings is 2. The molecule has 1 amide bonds. The first-order valence-corrected chi connectivity index (χ1v) is 9.18. The number of nitrogens with one attached hydrogen (secondary N) is 1. The van der Waals surface area contributed by atoms with Crippen molar-refractivity contribution in [2.24, 2.45) is 0 Å². The van der Waals surface area contributed by atoms with Crippen molar-refractivity contribution in [3.05, 3.63) is 65.3 Å². The van der Waals surface area contributed by atoms with Crippen molar-refractivity contribution in [1.82, 2.24) is 4.98 Å². The summed E-state index contributed by atoms with van der Waals surface area (Å²) in [4.78, 5) is 16.5. The van der Waals surface area contributed by atoms with E-state index in [0.29, 0.717) is 5.75 Å². The molecular formula is C18H15FN2OS2. The van der Waals surface area contributed by atoms with E-state index in [0.717, 1.165) is 26.8 Å². The molecule has 0 unspecified atom stereocenters. The highest BCUT2D eigenvalue weighted by atomic mass is 32.2. The predicted octanol–water partition coefficient (Wildman–Crippen LogP) is 4.99. The quantitative estimate of drug-likeness (QED) is 0.654. The zero-order chi connectivity index (χ0) is 16.9. The Labute approximate surface area is 148 Å². The summed E-state index contributed by atoms with van der Waals surface area (Å²) in [6.45, 7) is 1.96. The van der Waals surface area contributed by atoms with Gasteiger partial charge in [0, 0.05) is 16.6 Å². The average molecular weight is 358 g/mol. The zero-order valence-corrected chi connectivity index (χ0v) is 14.6.